The lowest BCUT2D eigenvalue weighted by atomic mass is 9.92. The average Bonchev–Trinajstić information content (AvgIpc) is 3.34. The number of nitrogens with zero attached hydrogens (tertiary/aromatic N) is 3. The Hall–Kier alpha value is -2.32. The normalized spacial score (nSPS) is 15.1. The molecule has 2 N–H and O–H groups in total. The Kier molecular flexibility index (Phi) is 6.83. The number of hydrogen-bond acceptors (Lipinski definition) is 6. The summed E-state index contributed by atoms with van der Waals surface area (Å²) in [5, 5.41) is 16.4. The zero-order chi connectivity index (χ0) is 25.6. The second kappa shape index (κ2) is 9.28. The number of carbonyl (C=O) groups excluding carboxylic acids is 1. The molecule has 35 heavy (non-hydrogen) atoms. The molecule has 8 heteroatoms. The number of benzene rings is 1. The van der Waals surface area contributed by atoms with E-state index in [1.54, 1.807) is 6.07 Å². The van der Waals surface area contributed by atoms with Gasteiger partial charge in [0.1, 0.15) is 11.6 Å². The summed E-state index contributed by atoms with van der Waals surface area (Å²) in [5.41, 5.74) is 1.75. The number of aliphatic hydroxyl groups excluding tert-OH is 1. The number of aliphatic hydroxyl groups is 1. The molecule has 1 aliphatic rings. The SMILES string of the molecule is CC(C)(C)Cc1nc2cc(SC(C)(C)C(=O)Nc3cc(C(C)(C)CO)on3)ccc2n1CC1CC1. The van der Waals surface area contributed by atoms with Crippen LogP contribution >= 0.6 is 11.8 Å². The van der Waals surface area contributed by atoms with E-state index in [2.05, 4.69) is 54.0 Å². The number of imidazole rings is 1. The van der Waals surface area contributed by atoms with Crippen LogP contribution in [0.25, 0.3) is 11.0 Å². The van der Waals surface area contributed by atoms with E-state index in [1.165, 1.54) is 30.1 Å². The van der Waals surface area contributed by atoms with Gasteiger partial charge < -0.3 is 19.5 Å². The number of fused-ring (bicyclic) bond motifs is 1. The third kappa shape index (κ3) is 6.09. The molecule has 0 unspecified atom stereocenters. The van der Waals surface area contributed by atoms with E-state index in [4.69, 9.17) is 9.51 Å². The first-order valence-electron chi connectivity index (χ1n) is 12.4. The van der Waals surface area contributed by atoms with Crippen molar-refractivity contribution in [3.8, 4) is 0 Å². The third-order valence-electron chi connectivity index (χ3n) is 6.36. The Balaban J connectivity index is 1.52. The van der Waals surface area contributed by atoms with Gasteiger partial charge in [0.05, 0.1) is 22.4 Å². The molecule has 2 heterocycles. The predicted molar refractivity (Wildman–Crippen MR) is 141 cm³/mol. The molecule has 0 bridgehead atoms. The molecule has 0 saturated heterocycles. The molecule has 1 aliphatic carbocycles. The summed E-state index contributed by atoms with van der Waals surface area (Å²) in [5.74, 6) is 2.62. The minimum atomic E-state index is -0.746. The molecular formula is C27H38N4O3S. The third-order valence-corrected chi connectivity index (χ3v) is 7.54. The van der Waals surface area contributed by atoms with Gasteiger partial charge in [-0.1, -0.05) is 39.8 Å². The van der Waals surface area contributed by atoms with Gasteiger partial charge in [-0.3, -0.25) is 4.79 Å². The zero-order valence-corrected chi connectivity index (χ0v) is 22.8. The molecule has 190 valence electrons. The topological polar surface area (TPSA) is 93.2 Å². The van der Waals surface area contributed by atoms with Crippen LogP contribution in [0.4, 0.5) is 5.82 Å². The predicted octanol–water partition coefficient (Wildman–Crippen LogP) is 5.80. The van der Waals surface area contributed by atoms with Crippen molar-refractivity contribution in [2.75, 3.05) is 11.9 Å². The van der Waals surface area contributed by atoms with Crippen molar-refractivity contribution < 1.29 is 14.4 Å². The first kappa shape index (κ1) is 25.8. The van der Waals surface area contributed by atoms with Crippen LogP contribution in [0.15, 0.2) is 33.7 Å². The number of thioether (sulfide) groups is 1. The lowest BCUT2D eigenvalue weighted by molar-refractivity contribution is -0.117. The van der Waals surface area contributed by atoms with Gasteiger partial charge in [-0.2, -0.15) is 0 Å². The van der Waals surface area contributed by atoms with Crippen molar-refractivity contribution in [1.29, 1.82) is 0 Å². The number of anilines is 1. The number of carbonyl (C=O) groups is 1. The number of nitrogens with one attached hydrogen (secondary N) is 1. The Morgan fingerprint density at radius 3 is 2.51 bits per heavy atom. The molecule has 4 rings (SSSR count). The molecule has 1 saturated carbocycles. The van der Waals surface area contributed by atoms with Crippen molar-refractivity contribution in [2.45, 2.75) is 89.3 Å². The van der Waals surface area contributed by atoms with Crippen LogP contribution in [-0.4, -0.2) is 37.1 Å². The van der Waals surface area contributed by atoms with E-state index in [0.29, 0.717) is 11.6 Å². The summed E-state index contributed by atoms with van der Waals surface area (Å²) in [6.07, 6.45) is 3.53. The van der Waals surface area contributed by atoms with Gasteiger partial charge in [0.15, 0.2) is 5.82 Å². The lowest BCUT2D eigenvalue weighted by Crippen LogP contribution is -2.34. The highest BCUT2D eigenvalue weighted by molar-refractivity contribution is 8.01. The molecule has 1 aromatic carbocycles. The van der Waals surface area contributed by atoms with E-state index < -0.39 is 10.2 Å². The highest BCUT2D eigenvalue weighted by Gasteiger charge is 2.32. The highest BCUT2D eigenvalue weighted by Crippen LogP contribution is 2.37. The standard InChI is InChI=1S/C27H38N4O3S/c1-25(2,3)14-23-28-19-12-18(10-11-20(19)31(23)15-17-8-9-17)35-27(6,7)24(33)29-22-13-21(34-30-22)26(4,5)16-32/h10-13,17,32H,8-9,14-16H2,1-7H3,(H,29,30,33). The van der Waals surface area contributed by atoms with Crippen LogP contribution in [-0.2, 0) is 23.2 Å². The van der Waals surface area contributed by atoms with Crippen molar-refractivity contribution in [3.63, 3.8) is 0 Å². The molecule has 0 atom stereocenters. The van der Waals surface area contributed by atoms with Crippen LogP contribution in [0, 0.1) is 11.3 Å². The number of hydrogen-bond donors (Lipinski definition) is 2. The maximum Gasteiger partial charge on any atom is 0.241 e. The molecule has 1 amide bonds. The van der Waals surface area contributed by atoms with Gasteiger partial charge in [-0.15, -0.1) is 11.8 Å². The van der Waals surface area contributed by atoms with Crippen molar-refractivity contribution >= 4 is 34.5 Å². The monoisotopic (exact) mass is 498 g/mol. The summed E-state index contributed by atoms with van der Waals surface area (Å²) in [6, 6.07) is 8.01. The summed E-state index contributed by atoms with van der Waals surface area (Å²) in [6.45, 7) is 15.2. The van der Waals surface area contributed by atoms with E-state index in [0.717, 1.165) is 35.1 Å². The van der Waals surface area contributed by atoms with Gasteiger partial charge in [0.2, 0.25) is 5.91 Å². The fraction of sp³-hybridized carbons (Fsp3) is 0.593. The second-order valence-electron chi connectivity index (χ2n) is 12.2. The summed E-state index contributed by atoms with van der Waals surface area (Å²) in [4.78, 5) is 19.1. The van der Waals surface area contributed by atoms with Gasteiger partial charge in [0.25, 0.3) is 0 Å². The Morgan fingerprint density at radius 1 is 1.17 bits per heavy atom. The Labute approximate surface area is 212 Å². The summed E-state index contributed by atoms with van der Waals surface area (Å²) >= 11 is 1.50. The molecule has 1 fully saturated rings. The van der Waals surface area contributed by atoms with Crippen molar-refractivity contribution in [2.24, 2.45) is 11.3 Å². The van der Waals surface area contributed by atoms with E-state index in [9.17, 15) is 9.90 Å². The number of aromatic nitrogens is 3. The molecule has 7 nitrogen and oxygen atoms in total. The van der Waals surface area contributed by atoms with E-state index in [1.807, 2.05) is 27.7 Å². The van der Waals surface area contributed by atoms with Crippen LogP contribution in [0.1, 0.15) is 72.9 Å². The van der Waals surface area contributed by atoms with Gasteiger partial charge >= 0.3 is 0 Å². The summed E-state index contributed by atoms with van der Waals surface area (Å²) < 4.78 is 7.00. The molecule has 2 aromatic heterocycles. The second-order valence-corrected chi connectivity index (χ2v) is 13.9. The highest BCUT2D eigenvalue weighted by atomic mass is 32.2. The molecule has 3 aromatic rings. The summed E-state index contributed by atoms with van der Waals surface area (Å²) in [7, 11) is 0. The van der Waals surface area contributed by atoms with Crippen LogP contribution < -0.4 is 5.32 Å². The average molecular weight is 499 g/mol. The van der Waals surface area contributed by atoms with Crippen molar-refractivity contribution in [1.82, 2.24) is 14.7 Å². The first-order chi connectivity index (χ1) is 16.3. The van der Waals surface area contributed by atoms with Gasteiger partial charge in [-0.05, 0) is 56.2 Å². The molecule has 0 spiro atoms. The smallest absolute Gasteiger partial charge is 0.241 e. The minimum absolute atomic E-state index is 0.0761. The van der Waals surface area contributed by atoms with Crippen LogP contribution in [0.2, 0.25) is 0 Å². The van der Waals surface area contributed by atoms with Crippen LogP contribution in [0.5, 0.6) is 0 Å². The Morgan fingerprint density at radius 2 is 1.89 bits per heavy atom. The fourth-order valence-electron chi connectivity index (χ4n) is 3.93. The van der Waals surface area contributed by atoms with Crippen molar-refractivity contribution in [3.05, 3.63) is 35.9 Å². The lowest BCUT2D eigenvalue weighted by Gasteiger charge is -2.22. The number of rotatable bonds is 9. The largest absolute Gasteiger partial charge is 0.395 e. The maximum absolute atomic E-state index is 13.1. The Bertz CT molecular complexity index is 1210. The number of amides is 1. The van der Waals surface area contributed by atoms with E-state index in [-0.39, 0.29) is 17.9 Å². The van der Waals surface area contributed by atoms with Gasteiger partial charge in [0, 0.05) is 29.3 Å². The van der Waals surface area contributed by atoms with Crippen LogP contribution in [0.3, 0.4) is 0 Å². The zero-order valence-electron chi connectivity index (χ0n) is 21.9. The molecule has 0 radical (unpaired) electrons. The molecular weight excluding hydrogens is 460 g/mol. The quantitative estimate of drug-likeness (QED) is 0.362. The first-order valence-corrected chi connectivity index (χ1v) is 13.2. The van der Waals surface area contributed by atoms with E-state index >= 15 is 0 Å². The maximum atomic E-state index is 13.1. The fourth-order valence-corrected chi connectivity index (χ4v) is 4.97. The molecule has 0 aliphatic heterocycles. The minimum Gasteiger partial charge on any atom is -0.395 e. The van der Waals surface area contributed by atoms with Gasteiger partial charge in [-0.25, -0.2) is 4.98 Å².